The quantitative estimate of drug-likeness (QED) is 0.276. The number of carbonyl (C=O) groups is 2. The number of fused-ring (bicyclic) bond motifs is 1. The summed E-state index contributed by atoms with van der Waals surface area (Å²) in [5, 5.41) is 24.6. The standard InChI is InChI=1S/C22H29N3O4S.2ClH/c1-11-18-17(12(2)26)21(27)25(18)19(22(28)29)20(11)30-15-8-16(24-10-15)14-6-4-13(5-7-14)9-23-3;;/h4-7,11-12,15-18,23-24,26H,8-10H2,1-3H3,(H,28,29);2*1H/t11-,12-,15+,16-,17-,18-;;/m1../s1. The van der Waals surface area contributed by atoms with E-state index in [9.17, 15) is 19.8 Å². The van der Waals surface area contributed by atoms with Gasteiger partial charge in [-0.2, -0.15) is 0 Å². The van der Waals surface area contributed by atoms with Crippen LogP contribution in [0.25, 0.3) is 0 Å². The van der Waals surface area contributed by atoms with Crippen molar-refractivity contribution in [2.45, 2.75) is 50.3 Å². The first-order valence-corrected chi connectivity index (χ1v) is 11.6. The molecule has 3 aliphatic rings. The monoisotopic (exact) mass is 503 g/mol. The fourth-order valence-electron chi connectivity index (χ4n) is 5.15. The molecule has 2 fully saturated rings. The minimum atomic E-state index is -1.05. The molecule has 2 saturated heterocycles. The number of carbonyl (C=O) groups excluding carboxylic acids is 1. The number of benzene rings is 1. The second-order valence-electron chi connectivity index (χ2n) is 8.68. The predicted molar refractivity (Wildman–Crippen MR) is 113 cm³/mol. The Morgan fingerprint density at radius 3 is 2.53 bits per heavy atom. The van der Waals surface area contributed by atoms with Gasteiger partial charge in [-0.1, -0.05) is 31.2 Å². The van der Waals surface area contributed by atoms with Gasteiger partial charge in [0.15, 0.2) is 0 Å². The molecular formula is C22H31Cl2N3O4S. The highest BCUT2D eigenvalue weighted by Gasteiger charge is 2.60. The zero-order valence-corrected chi connectivity index (χ0v) is 20.7. The van der Waals surface area contributed by atoms with E-state index in [4.69, 9.17) is 0 Å². The Bertz CT molecular complexity index is 880. The van der Waals surface area contributed by atoms with Crippen LogP contribution in [0, 0.1) is 11.8 Å². The Labute approximate surface area is 205 Å². The van der Waals surface area contributed by atoms with Crippen molar-refractivity contribution >= 4 is 23.6 Å². The van der Waals surface area contributed by atoms with Crippen molar-refractivity contribution in [1.29, 1.82) is 0 Å². The highest BCUT2D eigenvalue weighted by molar-refractivity contribution is 8.03. The van der Waals surface area contributed by atoms with E-state index < -0.39 is 18.0 Å². The van der Waals surface area contributed by atoms with Gasteiger partial charge in [-0.05, 0) is 6.92 Å². The first kappa shape index (κ1) is 27.0. The number of rotatable bonds is 7. The largest absolute Gasteiger partial charge is 1.00 e. The summed E-state index contributed by atoms with van der Waals surface area (Å²) >= 11 is 1.62. The molecule has 0 aromatic heterocycles. The zero-order chi connectivity index (χ0) is 21.6. The topological polar surface area (TPSA) is 111 Å². The molecule has 3 aliphatic heterocycles. The number of nitrogens with zero attached hydrogens (tertiary/aromatic N) is 1. The molecule has 4 rings (SSSR count). The van der Waals surface area contributed by atoms with Crippen LogP contribution in [0.2, 0.25) is 0 Å². The van der Waals surface area contributed by atoms with E-state index in [1.165, 1.54) is 16.0 Å². The molecule has 0 aliphatic carbocycles. The summed E-state index contributed by atoms with van der Waals surface area (Å²) in [6.07, 6.45) is 0.198. The maximum atomic E-state index is 12.5. The van der Waals surface area contributed by atoms with Crippen LogP contribution < -0.4 is 35.4 Å². The molecule has 0 unspecified atom stereocenters. The molecule has 7 nitrogen and oxygen atoms in total. The number of halogens is 2. The van der Waals surface area contributed by atoms with Gasteiger partial charge in [0.25, 0.3) is 0 Å². The van der Waals surface area contributed by atoms with E-state index >= 15 is 0 Å². The normalized spacial score (nSPS) is 29.7. The lowest BCUT2D eigenvalue weighted by molar-refractivity contribution is -0.675. The molecular weight excluding hydrogens is 473 g/mol. The zero-order valence-electron chi connectivity index (χ0n) is 18.4. The van der Waals surface area contributed by atoms with Crippen LogP contribution in [-0.4, -0.2) is 58.0 Å². The minimum Gasteiger partial charge on any atom is -1.00 e. The third-order valence-electron chi connectivity index (χ3n) is 6.65. The number of aliphatic hydroxyl groups is 1. The van der Waals surface area contributed by atoms with Gasteiger partial charge in [0.1, 0.15) is 18.3 Å². The maximum absolute atomic E-state index is 12.5. The predicted octanol–water partition coefficient (Wildman–Crippen LogP) is -6.35. The second kappa shape index (κ2) is 10.8. The number of amides is 1. The molecule has 10 heteroatoms. The smallest absolute Gasteiger partial charge is 0.353 e. The lowest BCUT2D eigenvalue weighted by atomic mass is 9.79. The van der Waals surface area contributed by atoms with E-state index in [1.807, 2.05) is 6.92 Å². The molecule has 6 N–H and O–H groups in total. The summed E-state index contributed by atoms with van der Waals surface area (Å²) in [5.41, 5.74) is 2.74. The van der Waals surface area contributed by atoms with Gasteiger partial charge < -0.3 is 50.6 Å². The number of carboxylic acid groups (broad SMARTS) is 1. The van der Waals surface area contributed by atoms with Gasteiger partial charge in [-0.25, -0.2) is 4.79 Å². The summed E-state index contributed by atoms with van der Waals surface area (Å²) in [7, 11) is 2.06. The van der Waals surface area contributed by atoms with Crippen LogP contribution in [0.4, 0.5) is 0 Å². The number of β-lactam (4-membered cyclic amide) rings is 1. The number of quaternary nitrogens is 2. The molecule has 1 aromatic rings. The number of hydrogen-bond acceptors (Lipinski definition) is 4. The summed E-state index contributed by atoms with van der Waals surface area (Å²) in [6.45, 7) is 5.48. The fourth-order valence-corrected chi connectivity index (χ4v) is 6.68. The first-order valence-electron chi connectivity index (χ1n) is 10.7. The van der Waals surface area contributed by atoms with Crippen molar-refractivity contribution in [3.05, 3.63) is 46.0 Å². The number of aliphatic hydroxyl groups excluding tert-OH is 1. The van der Waals surface area contributed by atoms with Crippen LogP contribution in [0.15, 0.2) is 34.9 Å². The van der Waals surface area contributed by atoms with Crippen molar-refractivity contribution in [3.63, 3.8) is 0 Å². The first-order chi connectivity index (χ1) is 14.3. The van der Waals surface area contributed by atoms with E-state index in [0.717, 1.165) is 24.4 Å². The van der Waals surface area contributed by atoms with E-state index in [1.54, 1.807) is 18.7 Å². The van der Waals surface area contributed by atoms with Crippen LogP contribution in [0.5, 0.6) is 0 Å². The summed E-state index contributed by atoms with van der Waals surface area (Å²) in [5.74, 6) is -1.89. The number of aliphatic carboxylic acids is 1. The molecule has 3 heterocycles. The van der Waals surface area contributed by atoms with Crippen molar-refractivity contribution in [1.82, 2.24) is 4.90 Å². The molecule has 1 aromatic carbocycles. The van der Waals surface area contributed by atoms with E-state index in [-0.39, 0.29) is 48.4 Å². The van der Waals surface area contributed by atoms with Gasteiger partial charge in [0.05, 0.1) is 36.9 Å². The Morgan fingerprint density at radius 2 is 1.97 bits per heavy atom. The van der Waals surface area contributed by atoms with Gasteiger partial charge in [0, 0.05) is 28.4 Å². The maximum Gasteiger partial charge on any atom is 0.353 e. The average Bonchev–Trinajstić information content (AvgIpc) is 3.25. The third kappa shape index (κ3) is 4.67. The number of hydrogen-bond donors (Lipinski definition) is 4. The summed E-state index contributed by atoms with van der Waals surface area (Å²) in [4.78, 5) is 26.7. The fraction of sp³-hybridized carbons (Fsp3) is 0.545. The molecule has 0 bridgehead atoms. The van der Waals surface area contributed by atoms with Crippen LogP contribution in [0.3, 0.4) is 0 Å². The molecule has 0 radical (unpaired) electrons. The van der Waals surface area contributed by atoms with Gasteiger partial charge >= 0.3 is 5.97 Å². The molecule has 0 saturated carbocycles. The van der Waals surface area contributed by atoms with E-state index in [0.29, 0.717) is 11.3 Å². The Kier molecular flexibility index (Phi) is 9.06. The average molecular weight is 504 g/mol. The van der Waals surface area contributed by atoms with Crippen molar-refractivity contribution in [2.75, 3.05) is 13.6 Å². The van der Waals surface area contributed by atoms with Gasteiger partial charge in [0.2, 0.25) is 5.91 Å². The Morgan fingerprint density at radius 1 is 1.31 bits per heavy atom. The second-order valence-corrected chi connectivity index (χ2v) is 10.0. The third-order valence-corrected chi connectivity index (χ3v) is 8.19. The number of carboxylic acids is 1. The number of thioether (sulfide) groups is 1. The lowest BCUT2D eigenvalue weighted by Gasteiger charge is -2.46. The SMILES string of the molecule is C[NH2+]Cc1ccc([C@H]2C[C@H](SC3=C(C(=O)O)N4C(=O)[C@H]([C@@H](C)O)[C@H]4[C@H]3C)C[NH2+]2)cc1.[Cl-].[Cl-]. The Balaban J connectivity index is 0.00000181. The van der Waals surface area contributed by atoms with Crippen molar-refractivity contribution in [3.8, 4) is 0 Å². The van der Waals surface area contributed by atoms with Gasteiger partial charge in [-0.3, -0.25) is 4.79 Å². The molecule has 1 amide bonds. The van der Waals surface area contributed by atoms with E-state index in [2.05, 4.69) is 41.9 Å². The van der Waals surface area contributed by atoms with Crippen LogP contribution in [0.1, 0.15) is 37.4 Å². The molecule has 0 spiro atoms. The van der Waals surface area contributed by atoms with Crippen molar-refractivity contribution < 1.29 is 55.2 Å². The van der Waals surface area contributed by atoms with Crippen molar-refractivity contribution in [2.24, 2.45) is 11.8 Å². The number of nitrogens with two attached hydrogens (primary N) is 2. The molecule has 178 valence electrons. The van der Waals surface area contributed by atoms with Crippen LogP contribution in [-0.2, 0) is 16.1 Å². The molecule has 32 heavy (non-hydrogen) atoms. The molecule has 6 atom stereocenters. The minimum absolute atomic E-state index is 0. The van der Waals surface area contributed by atoms with Crippen LogP contribution >= 0.6 is 11.8 Å². The Hall–Kier alpha value is -1.29. The summed E-state index contributed by atoms with van der Waals surface area (Å²) in [6, 6.07) is 8.89. The highest BCUT2D eigenvalue weighted by atomic mass is 35.5. The lowest BCUT2D eigenvalue weighted by Crippen LogP contribution is -3.00. The van der Waals surface area contributed by atoms with Gasteiger partial charge in [-0.15, -0.1) is 11.8 Å². The summed E-state index contributed by atoms with van der Waals surface area (Å²) < 4.78 is 0. The highest BCUT2D eigenvalue weighted by Crippen LogP contribution is 2.51.